The molecule has 5 heteroatoms. The van der Waals surface area contributed by atoms with Gasteiger partial charge in [0.1, 0.15) is 0 Å². The molecule has 162 valence electrons. The molecule has 4 rings (SSSR count). The predicted octanol–water partition coefficient (Wildman–Crippen LogP) is 5.23. The van der Waals surface area contributed by atoms with E-state index in [0.29, 0.717) is 11.8 Å². The highest BCUT2D eigenvalue weighted by Gasteiger charge is 2.31. The van der Waals surface area contributed by atoms with Crippen molar-refractivity contribution in [3.63, 3.8) is 0 Å². The fourth-order valence-corrected chi connectivity index (χ4v) is 4.55. The van der Waals surface area contributed by atoms with Crippen molar-refractivity contribution in [2.45, 2.75) is 37.8 Å². The minimum atomic E-state index is 0.0993. The van der Waals surface area contributed by atoms with Crippen LogP contribution in [-0.4, -0.2) is 26.3 Å². The van der Waals surface area contributed by atoms with Gasteiger partial charge >= 0.3 is 0 Å². The molecule has 1 aliphatic rings. The summed E-state index contributed by atoms with van der Waals surface area (Å²) in [5, 5.41) is 3.87. The minimum absolute atomic E-state index is 0.0993. The van der Waals surface area contributed by atoms with E-state index in [1.807, 2.05) is 6.07 Å². The quantitative estimate of drug-likeness (QED) is 0.569. The Hall–Kier alpha value is -3.05. The van der Waals surface area contributed by atoms with Crippen LogP contribution < -0.4 is 19.5 Å². The fraction of sp³-hybridized carbons (Fsp3) is 0.346. The van der Waals surface area contributed by atoms with Gasteiger partial charge < -0.3 is 19.5 Å². The SMILES string of the molecule is COc1cc2c(cc1OC)[C@@H](CC(C)c1ccccc1)N[C@@H](c1cccnc1OC)C2. The summed E-state index contributed by atoms with van der Waals surface area (Å²) in [5.74, 6) is 2.58. The van der Waals surface area contributed by atoms with Gasteiger partial charge in [-0.15, -0.1) is 0 Å². The van der Waals surface area contributed by atoms with Crippen molar-refractivity contribution < 1.29 is 14.2 Å². The van der Waals surface area contributed by atoms with Gasteiger partial charge in [-0.2, -0.15) is 0 Å². The topological polar surface area (TPSA) is 52.6 Å². The number of methoxy groups -OCH3 is 3. The number of benzene rings is 2. The number of fused-ring (bicyclic) bond motifs is 1. The first kappa shape index (κ1) is 21.2. The summed E-state index contributed by atoms with van der Waals surface area (Å²) < 4.78 is 16.8. The summed E-state index contributed by atoms with van der Waals surface area (Å²) in [6.07, 6.45) is 3.56. The molecule has 2 aromatic carbocycles. The molecule has 2 heterocycles. The number of nitrogens with one attached hydrogen (secondary N) is 1. The number of pyridine rings is 1. The minimum Gasteiger partial charge on any atom is -0.493 e. The second kappa shape index (κ2) is 9.40. The van der Waals surface area contributed by atoms with Crippen LogP contribution >= 0.6 is 0 Å². The molecule has 0 spiro atoms. The molecule has 0 saturated heterocycles. The Kier molecular flexibility index (Phi) is 6.42. The maximum Gasteiger partial charge on any atom is 0.217 e. The van der Waals surface area contributed by atoms with Gasteiger partial charge in [0.2, 0.25) is 5.88 Å². The van der Waals surface area contributed by atoms with Crippen LogP contribution in [0.2, 0.25) is 0 Å². The van der Waals surface area contributed by atoms with Gasteiger partial charge in [0.25, 0.3) is 0 Å². The Morgan fingerprint density at radius 2 is 1.68 bits per heavy atom. The molecule has 5 nitrogen and oxygen atoms in total. The highest BCUT2D eigenvalue weighted by Crippen LogP contribution is 2.43. The molecule has 1 unspecified atom stereocenters. The third kappa shape index (κ3) is 4.37. The molecule has 0 amide bonds. The molecule has 31 heavy (non-hydrogen) atoms. The second-order valence-corrected chi connectivity index (χ2v) is 8.03. The lowest BCUT2D eigenvalue weighted by Gasteiger charge is -2.36. The summed E-state index contributed by atoms with van der Waals surface area (Å²) in [4.78, 5) is 4.42. The van der Waals surface area contributed by atoms with E-state index in [2.05, 4.69) is 65.8 Å². The van der Waals surface area contributed by atoms with E-state index in [-0.39, 0.29) is 12.1 Å². The Balaban J connectivity index is 1.73. The Labute approximate surface area is 184 Å². The van der Waals surface area contributed by atoms with Crippen LogP contribution in [0.4, 0.5) is 0 Å². The zero-order chi connectivity index (χ0) is 21.8. The molecular weight excluding hydrogens is 388 g/mol. The van der Waals surface area contributed by atoms with Crippen molar-refractivity contribution in [3.8, 4) is 17.4 Å². The second-order valence-electron chi connectivity index (χ2n) is 8.03. The van der Waals surface area contributed by atoms with Crippen LogP contribution in [-0.2, 0) is 6.42 Å². The van der Waals surface area contributed by atoms with Crippen LogP contribution in [0.5, 0.6) is 17.4 Å². The largest absolute Gasteiger partial charge is 0.493 e. The summed E-state index contributed by atoms with van der Waals surface area (Å²) in [6.45, 7) is 2.28. The van der Waals surface area contributed by atoms with E-state index in [4.69, 9.17) is 14.2 Å². The average molecular weight is 419 g/mol. The molecule has 3 aromatic rings. The maximum atomic E-state index is 5.61. The lowest BCUT2D eigenvalue weighted by atomic mass is 9.82. The molecule has 1 N–H and O–H groups in total. The van der Waals surface area contributed by atoms with Crippen molar-refractivity contribution in [1.82, 2.24) is 10.3 Å². The van der Waals surface area contributed by atoms with Crippen LogP contribution in [0.25, 0.3) is 0 Å². The molecule has 1 aliphatic heterocycles. The summed E-state index contributed by atoms with van der Waals surface area (Å²) in [6, 6.07) is 19.2. The van der Waals surface area contributed by atoms with E-state index in [1.54, 1.807) is 27.5 Å². The molecule has 0 bridgehead atoms. The highest BCUT2D eigenvalue weighted by atomic mass is 16.5. The van der Waals surface area contributed by atoms with Gasteiger partial charge in [-0.3, -0.25) is 0 Å². The lowest BCUT2D eigenvalue weighted by molar-refractivity contribution is 0.337. The molecule has 0 saturated carbocycles. The van der Waals surface area contributed by atoms with Gasteiger partial charge in [0, 0.05) is 23.8 Å². The van der Waals surface area contributed by atoms with E-state index < -0.39 is 0 Å². The van der Waals surface area contributed by atoms with Crippen LogP contribution in [0, 0.1) is 0 Å². The van der Waals surface area contributed by atoms with Gasteiger partial charge in [-0.25, -0.2) is 4.98 Å². The summed E-state index contributed by atoms with van der Waals surface area (Å²) >= 11 is 0. The number of hydrogen-bond donors (Lipinski definition) is 1. The summed E-state index contributed by atoms with van der Waals surface area (Å²) in [5.41, 5.74) is 4.94. The molecule has 0 fully saturated rings. The molecule has 1 aromatic heterocycles. The maximum absolute atomic E-state index is 5.61. The van der Waals surface area contributed by atoms with Gasteiger partial charge in [0.15, 0.2) is 11.5 Å². The average Bonchev–Trinajstić information content (AvgIpc) is 2.83. The first-order valence-electron chi connectivity index (χ1n) is 10.7. The molecule has 0 radical (unpaired) electrons. The zero-order valence-corrected chi connectivity index (χ0v) is 18.6. The molecular formula is C26H30N2O3. The zero-order valence-electron chi connectivity index (χ0n) is 18.6. The number of ether oxygens (including phenoxy) is 3. The third-order valence-electron chi connectivity index (χ3n) is 6.17. The van der Waals surface area contributed by atoms with Crippen molar-refractivity contribution in [1.29, 1.82) is 0 Å². The summed E-state index contributed by atoms with van der Waals surface area (Å²) in [7, 11) is 5.04. The Bertz CT molecular complexity index is 1020. The van der Waals surface area contributed by atoms with Crippen molar-refractivity contribution >= 4 is 0 Å². The third-order valence-corrected chi connectivity index (χ3v) is 6.17. The molecule has 0 aliphatic carbocycles. The smallest absolute Gasteiger partial charge is 0.217 e. The van der Waals surface area contributed by atoms with E-state index in [9.17, 15) is 0 Å². The van der Waals surface area contributed by atoms with Gasteiger partial charge in [-0.1, -0.05) is 43.3 Å². The lowest BCUT2D eigenvalue weighted by Crippen LogP contribution is -2.34. The van der Waals surface area contributed by atoms with E-state index in [1.165, 1.54) is 16.7 Å². The standard InChI is InChI=1S/C26H30N2O3/c1-17(18-9-6-5-7-10-18)13-22-21-16-25(30-3)24(29-2)15-19(21)14-23(28-22)20-11-8-12-27-26(20)31-4/h5-12,15-17,22-23,28H,13-14H2,1-4H3/t17?,22-,23-/m1/s1. The first-order chi connectivity index (χ1) is 15.1. The van der Waals surface area contributed by atoms with Gasteiger partial charge in [-0.05, 0) is 53.6 Å². The monoisotopic (exact) mass is 418 g/mol. The van der Waals surface area contributed by atoms with E-state index >= 15 is 0 Å². The Morgan fingerprint density at radius 3 is 2.39 bits per heavy atom. The van der Waals surface area contributed by atoms with Crippen molar-refractivity contribution in [3.05, 3.63) is 83.0 Å². The number of rotatable bonds is 7. The molecule has 3 atom stereocenters. The predicted molar refractivity (Wildman–Crippen MR) is 122 cm³/mol. The van der Waals surface area contributed by atoms with Crippen molar-refractivity contribution in [2.24, 2.45) is 0 Å². The fourth-order valence-electron chi connectivity index (χ4n) is 4.55. The number of hydrogen-bond acceptors (Lipinski definition) is 5. The van der Waals surface area contributed by atoms with Crippen LogP contribution in [0.3, 0.4) is 0 Å². The number of aromatic nitrogens is 1. The van der Waals surface area contributed by atoms with E-state index in [0.717, 1.165) is 29.9 Å². The first-order valence-corrected chi connectivity index (χ1v) is 10.7. The van der Waals surface area contributed by atoms with Crippen LogP contribution in [0.15, 0.2) is 60.8 Å². The number of nitrogens with zero attached hydrogens (tertiary/aromatic N) is 1. The Morgan fingerprint density at radius 1 is 0.935 bits per heavy atom. The highest BCUT2D eigenvalue weighted by molar-refractivity contribution is 5.50. The van der Waals surface area contributed by atoms with Crippen molar-refractivity contribution in [2.75, 3.05) is 21.3 Å². The normalized spacial score (nSPS) is 18.7. The van der Waals surface area contributed by atoms with Crippen LogP contribution in [0.1, 0.15) is 53.6 Å². The van der Waals surface area contributed by atoms with Gasteiger partial charge in [0.05, 0.1) is 21.3 Å².